The van der Waals surface area contributed by atoms with Gasteiger partial charge in [-0.2, -0.15) is 0 Å². The molecule has 0 saturated carbocycles. The molecule has 0 spiro atoms. The number of nitrogens with one attached hydrogen (secondary N) is 1. The van der Waals surface area contributed by atoms with Gasteiger partial charge in [0.1, 0.15) is 23.2 Å². The summed E-state index contributed by atoms with van der Waals surface area (Å²) in [6.45, 7) is 12.8. The monoisotopic (exact) mass is 351 g/mol. The molecule has 0 aliphatic heterocycles. The SMILES string of the molecule is CCC(CC)COc1cccc(O[C@@H](C)CNC(=O)OC(C)(C)C)c1. The molecule has 5 heteroatoms. The van der Waals surface area contributed by atoms with Crippen LogP contribution in [0.1, 0.15) is 54.4 Å². The van der Waals surface area contributed by atoms with Crippen LogP contribution in [0.5, 0.6) is 11.5 Å². The van der Waals surface area contributed by atoms with Gasteiger partial charge in [-0.25, -0.2) is 4.79 Å². The highest BCUT2D eigenvalue weighted by atomic mass is 16.6. The molecule has 1 amide bonds. The van der Waals surface area contributed by atoms with E-state index in [1.54, 1.807) is 0 Å². The van der Waals surface area contributed by atoms with E-state index in [0.29, 0.717) is 19.1 Å². The molecule has 1 aromatic carbocycles. The highest BCUT2D eigenvalue weighted by Crippen LogP contribution is 2.21. The number of hydrogen-bond donors (Lipinski definition) is 1. The number of carbonyl (C=O) groups excluding carboxylic acids is 1. The normalized spacial score (nSPS) is 12.6. The maximum absolute atomic E-state index is 11.7. The second-order valence-corrected chi connectivity index (χ2v) is 7.28. The van der Waals surface area contributed by atoms with Crippen molar-refractivity contribution in [2.24, 2.45) is 5.92 Å². The van der Waals surface area contributed by atoms with Gasteiger partial charge >= 0.3 is 6.09 Å². The molecule has 0 aliphatic carbocycles. The highest BCUT2D eigenvalue weighted by Gasteiger charge is 2.16. The van der Waals surface area contributed by atoms with E-state index in [-0.39, 0.29) is 6.10 Å². The summed E-state index contributed by atoms with van der Waals surface area (Å²) >= 11 is 0. The summed E-state index contributed by atoms with van der Waals surface area (Å²) in [6, 6.07) is 7.60. The van der Waals surface area contributed by atoms with Gasteiger partial charge in [0.2, 0.25) is 0 Å². The van der Waals surface area contributed by atoms with Crippen LogP contribution in [0.3, 0.4) is 0 Å². The standard InChI is InChI=1S/C20H33NO4/c1-7-16(8-2)14-23-17-10-9-11-18(12-17)24-15(3)13-21-19(22)25-20(4,5)6/h9-12,15-16H,7-8,13-14H2,1-6H3,(H,21,22)/t15-/m0/s1. The molecule has 0 unspecified atom stereocenters. The number of hydrogen-bond acceptors (Lipinski definition) is 4. The first-order valence-corrected chi connectivity index (χ1v) is 9.09. The Bertz CT molecular complexity index is 521. The zero-order chi connectivity index (χ0) is 18.9. The van der Waals surface area contributed by atoms with E-state index in [0.717, 1.165) is 24.3 Å². The molecule has 0 bridgehead atoms. The maximum atomic E-state index is 11.7. The molecule has 0 heterocycles. The molecule has 1 atom stereocenters. The van der Waals surface area contributed by atoms with Crippen molar-refractivity contribution in [3.05, 3.63) is 24.3 Å². The van der Waals surface area contributed by atoms with E-state index in [9.17, 15) is 4.79 Å². The fraction of sp³-hybridized carbons (Fsp3) is 0.650. The summed E-state index contributed by atoms with van der Waals surface area (Å²) in [5.41, 5.74) is -0.505. The van der Waals surface area contributed by atoms with Crippen molar-refractivity contribution in [1.29, 1.82) is 0 Å². The summed E-state index contributed by atoms with van der Waals surface area (Å²) in [5.74, 6) is 2.10. The molecule has 1 rings (SSSR count). The number of rotatable bonds is 9. The first-order chi connectivity index (χ1) is 11.7. The third-order valence-electron chi connectivity index (χ3n) is 3.72. The van der Waals surface area contributed by atoms with Gasteiger partial charge in [-0.15, -0.1) is 0 Å². The number of carbonyl (C=O) groups is 1. The molecule has 5 nitrogen and oxygen atoms in total. The third-order valence-corrected chi connectivity index (χ3v) is 3.72. The van der Waals surface area contributed by atoms with Crippen LogP contribution in [0.15, 0.2) is 24.3 Å². The quantitative estimate of drug-likeness (QED) is 0.695. The van der Waals surface area contributed by atoms with Crippen molar-refractivity contribution < 1.29 is 19.0 Å². The average Bonchev–Trinajstić information content (AvgIpc) is 2.53. The Morgan fingerprint density at radius 3 is 2.40 bits per heavy atom. The predicted octanol–water partition coefficient (Wildman–Crippen LogP) is 4.79. The molecule has 0 fully saturated rings. The summed E-state index contributed by atoms with van der Waals surface area (Å²) in [4.78, 5) is 11.7. The van der Waals surface area contributed by atoms with Crippen molar-refractivity contribution in [2.75, 3.05) is 13.2 Å². The lowest BCUT2D eigenvalue weighted by molar-refractivity contribution is 0.0505. The topological polar surface area (TPSA) is 56.8 Å². The van der Waals surface area contributed by atoms with Crippen molar-refractivity contribution in [2.45, 2.75) is 66.1 Å². The van der Waals surface area contributed by atoms with Crippen LogP contribution in [0, 0.1) is 5.92 Å². The molecule has 1 N–H and O–H groups in total. The van der Waals surface area contributed by atoms with Gasteiger partial charge in [0.15, 0.2) is 0 Å². The third kappa shape index (κ3) is 9.22. The van der Waals surface area contributed by atoms with E-state index in [1.165, 1.54) is 0 Å². The van der Waals surface area contributed by atoms with Crippen LogP contribution in [-0.4, -0.2) is 30.9 Å². The van der Waals surface area contributed by atoms with Gasteiger partial charge < -0.3 is 19.5 Å². The summed E-state index contributed by atoms with van der Waals surface area (Å²) in [6.07, 6.45) is 1.60. The largest absolute Gasteiger partial charge is 0.493 e. The number of amides is 1. The maximum Gasteiger partial charge on any atom is 0.407 e. The zero-order valence-electron chi connectivity index (χ0n) is 16.4. The predicted molar refractivity (Wildman–Crippen MR) is 100 cm³/mol. The Labute approximate surface area is 152 Å². The minimum Gasteiger partial charge on any atom is -0.493 e. The van der Waals surface area contributed by atoms with Gasteiger partial charge in [0.05, 0.1) is 13.2 Å². The molecular weight excluding hydrogens is 318 g/mol. The van der Waals surface area contributed by atoms with Crippen LogP contribution in [0.4, 0.5) is 4.79 Å². The van der Waals surface area contributed by atoms with Crippen molar-refractivity contribution >= 4 is 6.09 Å². The minimum atomic E-state index is -0.505. The van der Waals surface area contributed by atoms with E-state index in [2.05, 4.69) is 19.2 Å². The second kappa shape index (κ2) is 10.2. The van der Waals surface area contributed by atoms with Crippen LogP contribution in [-0.2, 0) is 4.74 Å². The van der Waals surface area contributed by atoms with E-state index < -0.39 is 11.7 Å². The number of ether oxygens (including phenoxy) is 3. The van der Waals surface area contributed by atoms with Crippen LogP contribution in [0.2, 0.25) is 0 Å². The Hall–Kier alpha value is -1.91. The summed E-state index contributed by atoms with van der Waals surface area (Å²) in [5, 5.41) is 2.71. The van der Waals surface area contributed by atoms with Gasteiger partial charge in [0, 0.05) is 6.07 Å². The minimum absolute atomic E-state index is 0.179. The molecule has 0 aromatic heterocycles. The van der Waals surface area contributed by atoms with Crippen LogP contribution >= 0.6 is 0 Å². The molecular formula is C20H33NO4. The highest BCUT2D eigenvalue weighted by molar-refractivity contribution is 5.67. The van der Waals surface area contributed by atoms with Crippen molar-refractivity contribution in [3.8, 4) is 11.5 Å². The Balaban J connectivity index is 2.45. The Morgan fingerprint density at radius 2 is 1.80 bits per heavy atom. The molecule has 0 aliphatic rings. The smallest absolute Gasteiger partial charge is 0.407 e. The molecule has 142 valence electrons. The van der Waals surface area contributed by atoms with Crippen molar-refractivity contribution in [1.82, 2.24) is 5.32 Å². The van der Waals surface area contributed by atoms with E-state index in [4.69, 9.17) is 14.2 Å². The van der Waals surface area contributed by atoms with Gasteiger partial charge in [-0.3, -0.25) is 0 Å². The van der Waals surface area contributed by atoms with Crippen molar-refractivity contribution in [3.63, 3.8) is 0 Å². The summed E-state index contributed by atoms with van der Waals surface area (Å²) < 4.78 is 16.9. The second-order valence-electron chi connectivity index (χ2n) is 7.28. The molecule has 0 radical (unpaired) electrons. The summed E-state index contributed by atoms with van der Waals surface area (Å²) in [7, 11) is 0. The first kappa shape index (κ1) is 21.1. The fourth-order valence-corrected chi connectivity index (χ4v) is 2.19. The van der Waals surface area contributed by atoms with Crippen LogP contribution < -0.4 is 14.8 Å². The van der Waals surface area contributed by atoms with E-state index in [1.807, 2.05) is 52.0 Å². The van der Waals surface area contributed by atoms with E-state index >= 15 is 0 Å². The lowest BCUT2D eigenvalue weighted by Crippen LogP contribution is -2.37. The Kier molecular flexibility index (Phi) is 8.59. The average molecular weight is 351 g/mol. The Morgan fingerprint density at radius 1 is 1.16 bits per heavy atom. The lowest BCUT2D eigenvalue weighted by Gasteiger charge is -2.21. The van der Waals surface area contributed by atoms with Gasteiger partial charge in [0.25, 0.3) is 0 Å². The fourth-order valence-electron chi connectivity index (χ4n) is 2.19. The van der Waals surface area contributed by atoms with Gasteiger partial charge in [-0.05, 0) is 45.7 Å². The van der Waals surface area contributed by atoms with Gasteiger partial charge in [-0.1, -0.05) is 32.8 Å². The number of benzene rings is 1. The molecule has 1 aromatic rings. The molecule has 25 heavy (non-hydrogen) atoms. The first-order valence-electron chi connectivity index (χ1n) is 9.09. The molecule has 0 saturated heterocycles. The zero-order valence-corrected chi connectivity index (χ0v) is 16.4. The van der Waals surface area contributed by atoms with Crippen LogP contribution in [0.25, 0.3) is 0 Å². The lowest BCUT2D eigenvalue weighted by atomic mass is 10.1. The number of alkyl carbamates (subject to hydrolysis) is 1.